The SMILES string of the molecule is COC(=O)/C=C/c1ccc(N(CCCNC(=O)OC(C)(C)C)Cc2ccccc2)c([N+](=O)[O-])c1. The van der Waals surface area contributed by atoms with Gasteiger partial charge in [0.15, 0.2) is 0 Å². The fourth-order valence-corrected chi connectivity index (χ4v) is 3.15. The lowest BCUT2D eigenvalue weighted by molar-refractivity contribution is -0.384. The molecule has 182 valence electrons. The molecule has 0 spiro atoms. The first kappa shape index (κ1) is 26.4. The van der Waals surface area contributed by atoms with Crippen molar-refractivity contribution in [3.05, 3.63) is 75.8 Å². The van der Waals surface area contributed by atoms with E-state index >= 15 is 0 Å². The normalized spacial score (nSPS) is 11.2. The van der Waals surface area contributed by atoms with Crippen LogP contribution in [0.1, 0.15) is 38.3 Å². The number of ether oxygens (including phenoxy) is 2. The minimum absolute atomic E-state index is 0.0805. The molecule has 0 aliphatic heterocycles. The lowest BCUT2D eigenvalue weighted by Gasteiger charge is -2.25. The van der Waals surface area contributed by atoms with E-state index in [4.69, 9.17) is 4.74 Å². The topological polar surface area (TPSA) is 111 Å². The van der Waals surface area contributed by atoms with E-state index in [9.17, 15) is 19.7 Å². The van der Waals surface area contributed by atoms with Crippen LogP contribution in [0.3, 0.4) is 0 Å². The summed E-state index contributed by atoms with van der Waals surface area (Å²) in [5.74, 6) is -0.546. The maximum absolute atomic E-state index is 11.9. The smallest absolute Gasteiger partial charge is 0.407 e. The third-order valence-electron chi connectivity index (χ3n) is 4.64. The minimum Gasteiger partial charge on any atom is -0.466 e. The van der Waals surface area contributed by atoms with Crippen LogP contribution in [0.4, 0.5) is 16.2 Å². The molecule has 0 atom stereocenters. The number of nitro benzene ring substituents is 1. The molecule has 1 N–H and O–H groups in total. The van der Waals surface area contributed by atoms with Crippen LogP contribution in [0.2, 0.25) is 0 Å². The van der Waals surface area contributed by atoms with Crippen LogP contribution in [0.25, 0.3) is 6.08 Å². The Balaban J connectivity index is 2.22. The molecule has 0 aliphatic carbocycles. The van der Waals surface area contributed by atoms with Gasteiger partial charge in [-0.3, -0.25) is 10.1 Å². The van der Waals surface area contributed by atoms with Gasteiger partial charge in [0.05, 0.1) is 12.0 Å². The van der Waals surface area contributed by atoms with Crippen molar-refractivity contribution in [3.8, 4) is 0 Å². The number of nitrogens with one attached hydrogen (secondary N) is 1. The number of amides is 1. The summed E-state index contributed by atoms with van der Waals surface area (Å²) >= 11 is 0. The number of nitro groups is 1. The van der Waals surface area contributed by atoms with Crippen LogP contribution in [-0.4, -0.2) is 42.8 Å². The Hall–Kier alpha value is -3.88. The summed E-state index contributed by atoms with van der Waals surface area (Å²) in [5, 5.41) is 14.6. The van der Waals surface area contributed by atoms with E-state index in [1.54, 1.807) is 32.9 Å². The summed E-state index contributed by atoms with van der Waals surface area (Å²) in [4.78, 5) is 36.6. The molecule has 34 heavy (non-hydrogen) atoms. The van der Waals surface area contributed by atoms with Crippen molar-refractivity contribution in [2.45, 2.75) is 39.3 Å². The van der Waals surface area contributed by atoms with Crippen LogP contribution in [0, 0.1) is 10.1 Å². The van der Waals surface area contributed by atoms with E-state index in [0.717, 1.165) is 5.56 Å². The molecule has 9 nitrogen and oxygen atoms in total. The lowest BCUT2D eigenvalue weighted by atomic mass is 10.1. The second-order valence-corrected chi connectivity index (χ2v) is 8.55. The fourth-order valence-electron chi connectivity index (χ4n) is 3.15. The Bertz CT molecular complexity index is 1020. The molecule has 0 radical (unpaired) electrons. The van der Waals surface area contributed by atoms with Gasteiger partial charge >= 0.3 is 12.1 Å². The Kier molecular flexibility index (Phi) is 9.61. The average Bonchev–Trinajstić information content (AvgIpc) is 2.78. The Morgan fingerprint density at radius 3 is 2.47 bits per heavy atom. The summed E-state index contributed by atoms with van der Waals surface area (Å²) in [6.07, 6.45) is 2.72. The molecule has 2 rings (SSSR count). The van der Waals surface area contributed by atoms with Gasteiger partial charge in [-0.05, 0) is 50.5 Å². The van der Waals surface area contributed by atoms with Gasteiger partial charge < -0.3 is 19.7 Å². The number of esters is 1. The Morgan fingerprint density at radius 2 is 1.85 bits per heavy atom. The highest BCUT2D eigenvalue weighted by molar-refractivity contribution is 5.87. The second kappa shape index (κ2) is 12.4. The summed E-state index contributed by atoms with van der Waals surface area (Å²) in [5.41, 5.74) is 1.27. The van der Waals surface area contributed by atoms with Gasteiger partial charge in [-0.25, -0.2) is 9.59 Å². The van der Waals surface area contributed by atoms with Crippen molar-refractivity contribution in [3.63, 3.8) is 0 Å². The number of methoxy groups -OCH3 is 1. The molecule has 0 fully saturated rings. The van der Waals surface area contributed by atoms with Gasteiger partial charge in [-0.2, -0.15) is 0 Å². The number of carbonyl (C=O) groups is 2. The predicted octanol–water partition coefficient (Wildman–Crippen LogP) is 4.70. The molecule has 2 aromatic carbocycles. The van der Waals surface area contributed by atoms with Crippen LogP contribution in [0.5, 0.6) is 0 Å². The van der Waals surface area contributed by atoms with Crippen molar-refractivity contribution in [2.24, 2.45) is 0 Å². The van der Waals surface area contributed by atoms with E-state index in [0.29, 0.717) is 37.3 Å². The van der Waals surface area contributed by atoms with Gasteiger partial charge in [-0.15, -0.1) is 0 Å². The number of alkyl carbamates (subject to hydrolysis) is 1. The Morgan fingerprint density at radius 1 is 1.15 bits per heavy atom. The number of nitrogens with zero attached hydrogens (tertiary/aromatic N) is 2. The van der Waals surface area contributed by atoms with Crippen LogP contribution < -0.4 is 10.2 Å². The molecule has 0 heterocycles. The highest BCUT2D eigenvalue weighted by Crippen LogP contribution is 2.31. The number of anilines is 1. The maximum atomic E-state index is 11.9. The first-order valence-corrected chi connectivity index (χ1v) is 10.9. The van der Waals surface area contributed by atoms with Crippen molar-refractivity contribution < 1.29 is 24.0 Å². The van der Waals surface area contributed by atoms with Crippen LogP contribution in [0.15, 0.2) is 54.6 Å². The fraction of sp³-hybridized carbons (Fsp3) is 0.360. The summed E-state index contributed by atoms with van der Waals surface area (Å²) in [7, 11) is 1.26. The molecular weight excluding hydrogens is 438 g/mol. The largest absolute Gasteiger partial charge is 0.466 e. The monoisotopic (exact) mass is 469 g/mol. The first-order valence-electron chi connectivity index (χ1n) is 10.9. The quantitative estimate of drug-likeness (QED) is 0.176. The molecule has 2 aromatic rings. The van der Waals surface area contributed by atoms with Gasteiger partial charge in [-0.1, -0.05) is 36.4 Å². The highest BCUT2D eigenvalue weighted by Gasteiger charge is 2.21. The number of hydrogen-bond acceptors (Lipinski definition) is 7. The zero-order chi connectivity index (χ0) is 25.1. The lowest BCUT2D eigenvalue weighted by Crippen LogP contribution is -2.34. The van der Waals surface area contributed by atoms with Gasteiger partial charge in [0, 0.05) is 31.8 Å². The zero-order valence-corrected chi connectivity index (χ0v) is 19.9. The molecule has 0 bridgehead atoms. The number of benzene rings is 2. The van der Waals surface area contributed by atoms with Crippen molar-refractivity contribution in [1.82, 2.24) is 5.32 Å². The molecule has 0 aliphatic rings. The minimum atomic E-state index is -0.589. The third kappa shape index (κ3) is 8.93. The summed E-state index contributed by atoms with van der Waals surface area (Å²) < 4.78 is 9.81. The molecule has 1 amide bonds. The number of hydrogen-bond donors (Lipinski definition) is 1. The van der Waals surface area contributed by atoms with Crippen LogP contribution in [-0.2, 0) is 20.8 Å². The maximum Gasteiger partial charge on any atom is 0.407 e. The number of carbonyl (C=O) groups excluding carboxylic acids is 2. The van der Waals surface area contributed by atoms with Crippen molar-refractivity contribution in [1.29, 1.82) is 0 Å². The Labute approximate surface area is 199 Å². The molecule has 9 heteroatoms. The summed E-state index contributed by atoms with van der Waals surface area (Å²) in [6, 6.07) is 14.4. The third-order valence-corrected chi connectivity index (χ3v) is 4.64. The van der Waals surface area contributed by atoms with Crippen LogP contribution >= 0.6 is 0 Å². The van der Waals surface area contributed by atoms with Crippen molar-refractivity contribution in [2.75, 3.05) is 25.1 Å². The van der Waals surface area contributed by atoms with E-state index in [-0.39, 0.29) is 5.69 Å². The highest BCUT2D eigenvalue weighted by atomic mass is 16.6. The van der Waals surface area contributed by atoms with Gasteiger partial charge in [0.2, 0.25) is 0 Å². The number of rotatable bonds is 10. The second-order valence-electron chi connectivity index (χ2n) is 8.55. The molecule has 0 unspecified atom stereocenters. The first-order chi connectivity index (χ1) is 16.1. The molecular formula is C25H31N3O6. The van der Waals surface area contributed by atoms with Gasteiger partial charge in [0.25, 0.3) is 5.69 Å². The molecule has 0 aromatic heterocycles. The average molecular weight is 470 g/mol. The molecule has 0 saturated carbocycles. The van der Waals surface area contributed by atoms with E-state index in [1.807, 2.05) is 35.2 Å². The van der Waals surface area contributed by atoms with Crippen molar-refractivity contribution >= 4 is 29.5 Å². The van der Waals surface area contributed by atoms with Gasteiger partial charge in [0.1, 0.15) is 11.3 Å². The van der Waals surface area contributed by atoms with E-state index in [2.05, 4.69) is 10.1 Å². The summed E-state index contributed by atoms with van der Waals surface area (Å²) in [6.45, 7) is 6.63. The zero-order valence-electron chi connectivity index (χ0n) is 19.9. The van der Waals surface area contributed by atoms with E-state index in [1.165, 1.54) is 25.3 Å². The molecule has 0 saturated heterocycles. The predicted molar refractivity (Wildman–Crippen MR) is 130 cm³/mol. The van der Waals surface area contributed by atoms with E-state index < -0.39 is 22.6 Å². The standard InChI is InChI=1S/C25H31N3O6/c1-25(2,3)34-24(30)26-15-8-16-27(18-20-9-6-5-7-10-20)21-13-11-19(12-14-23(29)33-4)17-22(21)28(31)32/h5-7,9-14,17H,8,15-16,18H2,1-4H3,(H,26,30)/b14-12+.